The first-order valence-electron chi connectivity index (χ1n) is 6.99. The van der Waals surface area contributed by atoms with E-state index in [4.69, 9.17) is 5.84 Å². The Hall–Kier alpha value is -0.0800. The van der Waals surface area contributed by atoms with Crippen LogP contribution < -0.4 is 11.3 Å². The van der Waals surface area contributed by atoms with Crippen molar-refractivity contribution in [3.8, 4) is 0 Å². The summed E-state index contributed by atoms with van der Waals surface area (Å²) < 4.78 is 0. The highest BCUT2D eigenvalue weighted by Crippen LogP contribution is 2.30. The Morgan fingerprint density at radius 2 is 1.69 bits per heavy atom. The van der Waals surface area contributed by atoms with Gasteiger partial charge in [0.25, 0.3) is 0 Å². The quantitative estimate of drug-likeness (QED) is 0.436. The van der Waals surface area contributed by atoms with Gasteiger partial charge in [-0.05, 0) is 37.0 Å². The number of nitrogens with two attached hydrogens (primary N) is 1. The minimum absolute atomic E-state index is 0.430. The summed E-state index contributed by atoms with van der Waals surface area (Å²) in [7, 11) is 0. The third-order valence-corrected chi connectivity index (χ3v) is 3.89. The smallest absolute Gasteiger partial charge is 0.0238 e. The fraction of sp³-hybridized carbons (Fsp3) is 1.00. The predicted molar refractivity (Wildman–Crippen MR) is 71.0 cm³/mol. The van der Waals surface area contributed by atoms with Gasteiger partial charge in [-0.3, -0.25) is 11.3 Å². The third-order valence-electron chi connectivity index (χ3n) is 3.89. The van der Waals surface area contributed by atoms with Crippen molar-refractivity contribution in [2.24, 2.45) is 17.2 Å². The lowest BCUT2D eigenvalue weighted by atomic mass is 9.83. The van der Waals surface area contributed by atoms with Crippen molar-refractivity contribution in [3.63, 3.8) is 0 Å². The maximum Gasteiger partial charge on any atom is 0.0238 e. The lowest BCUT2D eigenvalue weighted by molar-refractivity contribution is 0.261. The molecule has 0 aliphatic heterocycles. The molecule has 0 saturated heterocycles. The highest BCUT2D eigenvalue weighted by molar-refractivity contribution is 4.78. The van der Waals surface area contributed by atoms with Gasteiger partial charge in [0.2, 0.25) is 0 Å². The van der Waals surface area contributed by atoms with Crippen LogP contribution in [0.3, 0.4) is 0 Å². The molecule has 0 radical (unpaired) electrons. The number of hydrogen-bond donors (Lipinski definition) is 2. The van der Waals surface area contributed by atoms with E-state index in [0.29, 0.717) is 11.5 Å². The highest BCUT2D eigenvalue weighted by Gasteiger charge is 2.23. The van der Waals surface area contributed by atoms with E-state index in [2.05, 4.69) is 26.2 Å². The maximum absolute atomic E-state index is 5.73. The molecule has 0 aromatic carbocycles. The molecule has 16 heavy (non-hydrogen) atoms. The predicted octanol–water partition coefficient (Wildman–Crippen LogP) is 3.62. The van der Waals surface area contributed by atoms with Crippen LogP contribution in [0.2, 0.25) is 0 Å². The zero-order valence-corrected chi connectivity index (χ0v) is 11.4. The lowest BCUT2D eigenvalue weighted by Gasteiger charge is -2.28. The van der Waals surface area contributed by atoms with Crippen molar-refractivity contribution in [1.82, 2.24) is 5.43 Å². The molecule has 1 unspecified atom stereocenters. The standard InChI is InChI=1S/C14H30N2/c1-14(2,3)11-10-13(16-15)12-8-6-4-5-7-9-12/h12-13,16H,4-11,15H2,1-3H3. The van der Waals surface area contributed by atoms with E-state index in [1.807, 2.05) is 0 Å². The Morgan fingerprint density at radius 1 is 1.12 bits per heavy atom. The van der Waals surface area contributed by atoms with Crippen molar-refractivity contribution in [1.29, 1.82) is 0 Å². The highest BCUT2D eigenvalue weighted by atomic mass is 15.2. The summed E-state index contributed by atoms with van der Waals surface area (Å²) in [5, 5.41) is 0. The van der Waals surface area contributed by atoms with Crippen LogP contribution in [0, 0.1) is 11.3 Å². The van der Waals surface area contributed by atoms with E-state index < -0.39 is 0 Å². The Morgan fingerprint density at radius 3 is 2.12 bits per heavy atom. The van der Waals surface area contributed by atoms with Crippen LogP contribution in [0.5, 0.6) is 0 Å². The number of nitrogens with one attached hydrogen (secondary N) is 1. The van der Waals surface area contributed by atoms with Gasteiger partial charge in [-0.1, -0.05) is 46.5 Å². The van der Waals surface area contributed by atoms with Crippen molar-refractivity contribution in [3.05, 3.63) is 0 Å². The normalized spacial score (nSPS) is 21.8. The van der Waals surface area contributed by atoms with Gasteiger partial charge in [0.1, 0.15) is 0 Å². The van der Waals surface area contributed by atoms with Gasteiger partial charge < -0.3 is 0 Å². The maximum atomic E-state index is 5.73. The third kappa shape index (κ3) is 5.31. The molecule has 1 atom stereocenters. The summed E-state index contributed by atoms with van der Waals surface area (Å²) >= 11 is 0. The van der Waals surface area contributed by atoms with Gasteiger partial charge in [-0.15, -0.1) is 0 Å². The number of hydrazine groups is 1. The van der Waals surface area contributed by atoms with Gasteiger partial charge in [-0.25, -0.2) is 0 Å². The summed E-state index contributed by atoms with van der Waals surface area (Å²) in [5.41, 5.74) is 3.50. The summed E-state index contributed by atoms with van der Waals surface area (Å²) in [4.78, 5) is 0. The first-order chi connectivity index (χ1) is 7.53. The van der Waals surface area contributed by atoms with Crippen LogP contribution in [0.4, 0.5) is 0 Å². The molecule has 1 rings (SSSR count). The molecule has 0 aromatic heterocycles. The van der Waals surface area contributed by atoms with Crippen molar-refractivity contribution < 1.29 is 0 Å². The fourth-order valence-electron chi connectivity index (χ4n) is 2.76. The van der Waals surface area contributed by atoms with E-state index in [1.165, 1.54) is 51.4 Å². The molecular weight excluding hydrogens is 196 g/mol. The second-order valence-corrected chi connectivity index (χ2v) is 6.62. The average Bonchev–Trinajstić information content (AvgIpc) is 2.46. The minimum atomic E-state index is 0.430. The SMILES string of the molecule is CC(C)(C)CCC(NN)C1CCCCCC1. The molecule has 2 nitrogen and oxygen atoms in total. The summed E-state index contributed by atoms with van der Waals surface area (Å²) in [5.74, 6) is 6.55. The fourth-order valence-corrected chi connectivity index (χ4v) is 2.76. The molecule has 0 heterocycles. The zero-order chi connectivity index (χ0) is 12.0. The van der Waals surface area contributed by atoms with Crippen LogP contribution >= 0.6 is 0 Å². The van der Waals surface area contributed by atoms with Gasteiger partial charge in [0, 0.05) is 6.04 Å². The van der Waals surface area contributed by atoms with E-state index in [-0.39, 0.29) is 0 Å². The molecule has 1 saturated carbocycles. The van der Waals surface area contributed by atoms with Crippen molar-refractivity contribution in [2.45, 2.75) is 78.2 Å². The molecular formula is C14H30N2. The molecule has 0 bridgehead atoms. The summed E-state index contributed by atoms with van der Waals surface area (Å²) in [6.07, 6.45) is 10.9. The molecule has 0 spiro atoms. The van der Waals surface area contributed by atoms with Crippen LogP contribution in [0.1, 0.15) is 72.1 Å². The van der Waals surface area contributed by atoms with E-state index in [1.54, 1.807) is 0 Å². The van der Waals surface area contributed by atoms with E-state index in [0.717, 1.165) is 5.92 Å². The Balaban J connectivity index is 2.39. The number of hydrogen-bond acceptors (Lipinski definition) is 2. The monoisotopic (exact) mass is 226 g/mol. The van der Waals surface area contributed by atoms with Crippen LogP contribution in [-0.4, -0.2) is 6.04 Å². The van der Waals surface area contributed by atoms with Crippen LogP contribution in [0.25, 0.3) is 0 Å². The molecule has 96 valence electrons. The van der Waals surface area contributed by atoms with E-state index in [9.17, 15) is 0 Å². The first-order valence-corrected chi connectivity index (χ1v) is 6.99. The second-order valence-electron chi connectivity index (χ2n) is 6.62. The number of rotatable bonds is 4. The first kappa shape index (κ1) is 14.0. The summed E-state index contributed by atoms with van der Waals surface area (Å²) in [6.45, 7) is 6.94. The average molecular weight is 226 g/mol. The van der Waals surface area contributed by atoms with Crippen molar-refractivity contribution in [2.75, 3.05) is 0 Å². The molecule has 2 heteroatoms. The zero-order valence-electron chi connectivity index (χ0n) is 11.4. The minimum Gasteiger partial charge on any atom is -0.271 e. The van der Waals surface area contributed by atoms with E-state index >= 15 is 0 Å². The molecule has 3 N–H and O–H groups in total. The molecule has 1 aliphatic rings. The molecule has 1 aliphatic carbocycles. The van der Waals surface area contributed by atoms with Gasteiger partial charge in [0.05, 0.1) is 0 Å². The Bertz CT molecular complexity index is 176. The van der Waals surface area contributed by atoms with Gasteiger partial charge >= 0.3 is 0 Å². The summed E-state index contributed by atoms with van der Waals surface area (Å²) in [6, 6.07) is 0.539. The van der Waals surface area contributed by atoms with Gasteiger partial charge in [0.15, 0.2) is 0 Å². The van der Waals surface area contributed by atoms with Gasteiger partial charge in [-0.2, -0.15) is 0 Å². The van der Waals surface area contributed by atoms with Crippen molar-refractivity contribution >= 4 is 0 Å². The van der Waals surface area contributed by atoms with Crippen LogP contribution in [-0.2, 0) is 0 Å². The topological polar surface area (TPSA) is 38.0 Å². The largest absolute Gasteiger partial charge is 0.271 e. The van der Waals surface area contributed by atoms with Crippen LogP contribution in [0.15, 0.2) is 0 Å². The molecule has 1 fully saturated rings. The second kappa shape index (κ2) is 6.61. The lowest BCUT2D eigenvalue weighted by Crippen LogP contribution is -2.41. The Kier molecular flexibility index (Phi) is 5.77. The molecule has 0 aromatic rings. The molecule has 0 amide bonds. The Labute approximate surface area is 101 Å².